The van der Waals surface area contributed by atoms with Crippen LogP contribution in [0.4, 0.5) is 5.69 Å². The molecule has 2 aromatic rings. The lowest BCUT2D eigenvalue weighted by atomic mass is 10.1. The molecular formula is C26H37N3O5S. The third-order valence-electron chi connectivity index (χ3n) is 5.50. The van der Waals surface area contributed by atoms with E-state index in [1.165, 1.54) is 4.31 Å². The van der Waals surface area contributed by atoms with Crippen LogP contribution in [0.15, 0.2) is 54.6 Å². The standard InChI is InChI=1S/C26H37N3O5S/c1-5-18-27-26(31)21(3)28(20-22-13-8-7-9-14-22)25(30)17-12-19-29(35(4,32)33)23-15-10-11-16-24(23)34-6-2/h7-11,13-16,21H,5-6,12,17-20H2,1-4H3,(H,27,31)/t21-/m0/s1. The molecule has 0 aliphatic rings. The van der Waals surface area contributed by atoms with E-state index in [-0.39, 0.29) is 24.8 Å². The number of carbonyl (C=O) groups excluding carboxylic acids is 2. The highest BCUT2D eigenvalue weighted by molar-refractivity contribution is 7.92. The lowest BCUT2D eigenvalue weighted by Crippen LogP contribution is -2.47. The number of nitrogens with zero attached hydrogens (tertiary/aromatic N) is 2. The number of nitrogens with one attached hydrogen (secondary N) is 1. The number of anilines is 1. The fourth-order valence-corrected chi connectivity index (χ4v) is 4.65. The summed E-state index contributed by atoms with van der Waals surface area (Å²) < 4.78 is 32.0. The Kier molecular flexibility index (Phi) is 11.0. The number of amides is 2. The van der Waals surface area contributed by atoms with E-state index in [2.05, 4.69) is 5.32 Å². The average Bonchev–Trinajstić information content (AvgIpc) is 2.83. The Morgan fingerprint density at radius 3 is 2.31 bits per heavy atom. The molecule has 35 heavy (non-hydrogen) atoms. The summed E-state index contributed by atoms with van der Waals surface area (Å²) >= 11 is 0. The minimum Gasteiger partial charge on any atom is -0.492 e. The number of rotatable bonds is 14. The van der Waals surface area contributed by atoms with Crippen LogP contribution in [0, 0.1) is 0 Å². The van der Waals surface area contributed by atoms with Crippen LogP contribution >= 0.6 is 0 Å². The van der Waals surface area contributed by atoms with Gasteiger partial charge in [0.1, 0.15) is 11.8 Å². The van der Waals surface area contributed by atoms with Gasteiger partial charge in [-0.15, -0.1) is 0 Å². The van der Waals surface area contributed by atoms with Crippen molar-refractivity contribution in [1.82, 2.24) is 10.2 Å². The quantitative estimate of drug-likeness (QED) is 0.425. The molecule has 0 aromatic heterocycles. The first-order valence-electron chi connectivity index (χ1n) is 12.0. The van der Waals surface area contributed by atoms with Crippen LogP contribution in [0.1, 0.15) is 45.6 Å². The molecule has 0 heterocycles. The fraction of sp³-hybridized carbons (Fsp3) is 0.462. The van der Waals surface area contributed by atoms with Gasteiger partial charge in [0.2, 0.25) is 21.8 Å². The number of sulfonamides is 1. The van der Waals surface area contributed by atoms with Crippen molar-refractivity contribution in [3.63, 3.8) is 0 Å². The minimum absolute atomic E-state index is 0.0983. The summed E-state index contributed by atoms with van der Waals surface area (Å²) in [7, 11) is -3.60. The number of ether oxygens (including phenoxy) is 1. The molecule has 0 aliphatic carbocycles. The van der Waals surface area contributed by atoms with Crippen LogP contribution < -0.4 is 14.4 Å². The van der Waals surface area contributed by atoms with Crippen LogP contribution in [-0.4, -0.2) is 57.1 Å². The van der Waals surface area contributed by atoms with Crippen molar-refractivity contribution in [1.29, 1.82) is 0 Å². The van der Waals surface area contributed by atoms with E-state index in [1.807, 2.05) is 44.2 Å². The van der Waals surface area contributed by atoms with E-state index in [9.17, 15) is 18.0 Å². The van der Waals surface area contributed by atoms with Crippen LogP contribution in [0.5, 0.6) is 5.75 Å². The number of carbonyl (C=O) groups is 2. The molecule has 2 amide bonds. The molecule has 0 radical (unpaired) electrons. The number of benzene rings is 2. The lowest BCUT2D eigenvalue weighted by molar-refractivity contribution is -0.140. The summed E-state index contributed by atoms with van der Waals surface area (Å²) in [5.74, 6) is 0.0535. The maximum absolute atomic E-state index is 13.3. The average molecular weight is 504 g/mol. The summed E-state index contributed by atoms with van der Waals surface area (Å²) in [6, 6.07) is 15.8. The lowest BCUT2D eigenvalue weighted by Gasteiger charge is -2.29. The highest BCUT2D eigenvalue weighted by Crippen LogP contribution is 2.30. The Balaban J connectivity index is 2.16. The van der Waals surface area contributed by atoms with Gasteiger partial charge in [-0.3, -0.25) is 13.9 Å². The molecule has 1 N–H and O–H groups in total. The summed E-state index contributed by atoms with van der Waals surface area (Å²) in [5.41, 5.74) is 1.36. The first-order valence-corrected chi connectivity index (χ1v) is 13.8. The smallest absolute Gasteiger partial charge is 0.242 e. The van der Waals surface area contributed by atoms with E-state index in [0.717, 1.165) is 18.2 Å². The zero-order valence-corrected chi connectivity index (χ0v) is 21.9. The Labute approximate surface area is 209 Å². The van der Waals surface area contributed by atoms with Gasteiger partial charge in [-0.1, -0.05) is 49.4 Å². The zero-order valence-electron chi connectivity index (χ0n) is 21.1. The van der Waals surface area contributed by atoms with Crippen LogP contribution in [0.3, 0.4) is 0 Å². The van der Waals surface area contributed by atoms with Gasteiger partial charge in [0.05, 0.1) is 18.6 Å². The van der Waals surface area contributed by atoms with Gasteiger partial charge in [-0.25, -0.2) is 8.42 Å². The van der Waals surface area contributed by atoms with Gasteiger partial charge in [0, 0.05) is 26.1 Å². The molecular weight excluding hydrogens is 466 g/mol. The highest BCUT2D eigenvalue weighted by atomic mass is 32.2. The van der Waals surface area contributed by atoms with E-state index in [0.29, 0.717) is 37.6 Å². The largest absolute Gasteiger partial charge is 0.492 e. The summed E-state index contributed by atoms with van der Waals surface area (Å²) in [5, 5.41) is 2.85. The molecule has 0 bridgehead atoms. The Bertz CT molecular complexity index is 1060. The summed E-state index contributed by atoms with van der Waals surface area (Å²) in [6.45, 7) is 6.87. The van der Waals surface area contributed by atoms with Gasteiger partial charge in [0.15, 0.2) is 0 Å². The Morgan fingerprint density at radius 1 is 1.03 bits per heavy atom. The molecule has 1 atom stereocenters. The molecule has 9 heteroatoms. The second kappa shape index (κ2) is 13.7. The maximum atomic E-state index is 13.3. The predicted molar refractivity (Wildman–Crippen MR) is 139 cm³/mol. The molecule has 8 nitrogen and oxygen atoms in total. The monoisotopic (exact) mass is 503 g/mol. The van der Waals surface area contributed by atoms with Gasteiger partial charge in [-0.2, -0.15) is 0 Å². The van der Waals surface area contributed by atoms with Gasteiger partial charge in [0.25, 0.3) is 0 Å². The second-order valence-electron chi connectivity index (χ2n) is 8.31. The molecule has 0 aliphatic heterocycles. The Morgan fingerprint density at radius 2 is 1.69 bits per heavy atom. The van der Waals surface area contributed by atoms with Crippen molar-refractivity contribution in [3.8, 4) is 5.75 Å². The van der Waals surface area contributed by atoms with E-state index in [1.54, 1.807) is 36.1 Å². The van der Waals surface area contributed by atoms with Crippen molar-refractivity contribution in [2.75, 3.05) is 30.3 Å². The SMILES string of the molecule is CCCNC(=O)[C@H](C)N(Cc1ccccc1)C(=O)CCCN(c1ccccc1OCC)S(C)(=O)=O. The van der Waals surface area contributed by atoms with Crippen LogP contribution in [-0.2, 0) is 26.2 Å². The van der Waals surface area contributed by atoms with Gasteiger partial charge in [-0.05, 0) is 44.4 Å². The molecule has 2 rings (SSSR count). The Hall–Kier alpha value is -3.07. The molecule has 0 spiro atoms. The van der Waals surface area contributed by atoms with Crippen molar-refractivity contribution >= 4 is 27.5 Å². The van der Waals surface area contributed by atoms with E-state index in [4.69, 9.17) is 4.74 Å². The summed E-state index contributed by atoms with van der Waals surface area (Å²) in [4.78, 5) is 27.4. The van der Waals surface area contributed by atoms with E-state index >= 15 is 0 Å². The first kappa shape index (κ1) is 28.2. The summed E-state index contributed by atoms with van der Waals surface area (Å²) in [6.07, 6.45) is 2.33. The molecule has 0 saturated carbocycles. The van der Waals surface area contributed by atoms with Crippen molar-refractivity contribution < 1.29 is 22.7 Å². The van der Waals surface area contributed by atoms with Crippen molar-refractivity contribution in [2.45, 2.75) is 52.6 Å². The maximum Gasteiger partial charge on any atom is 0.242 e. The minimum atomic E-state index is -3.60. The van der Waals surface area contributed by atoms with Crippen molar-refractivity contribution in [2.24, 2.45) is 0 Å². The van der Waals surface area contributed by atoms with E-state index < -0.39 is 16.1 Å². The second-order valence-corrected chi connectivity index (χ2v) is 10.2. The first-order chi connectivity index (χ1) is 16.7. The normalized spacial score (nSPS) is 12.0. The topological polar surface area (TPSA) is 96.0 Å². The third kappa shape index (κ3) is 8.58. The third-order valence-corrected chi connectivity index (χ3v) is 6.68. The molecule has 0 unspecified atom stereocenters. The molecule has 192 valence electrons. The fourth-order valence-electron chi connectivity index (χ4n) is 3.68. The van der Waals surface area contributed by atoms with Crippen LogP contribution in [0.25, 0.3) is 0 Å². The predicted octanol–water partition coefficient (Wildman–Crippen LogP) is 3.58. The number of hydrogen-bond donors (Lipinski definition) is 1. The molecule has 0 fully saturated rings. The van der Waals surface area contributed by atoms with Crippen LogP contribution in [0.2, 0.25) is 0 Å². The molecule has 0 saturated heterocycles. The zero-order chi connectivity index (χ0) is 25.8. The number of hydrogen-bond acceptors (Lipinski definition) is 5. The van der Waals surface area contributed by atoms with Gasteiger partial charge >= 0.3 is 0 Å². The van der Waals surface area contributed by atoms with Crippen molar-refractivity contribution in [3.05, 3.63) is 60.2 Å². The highest BCUT2D eigenvalue weighted by Gasteiger charge is 2.27. The molecule has 2 aromatic carbocycles. The number of para-hydroxylation sites is 2. The van der Waals surface area contributed by atoms with Gasteiger partial charge < -0.3 is 15.0 Å².